The van der Waals surface area contributed by atoms with Gasteiger partial charge in [0.2, 0.25) is 0 Å². The summed E-state index contributed by atoms with van der Waals surface area (Å²) in [7, 11) is 0. The molecule has 1 N–H and O–H groups in total. The Morgan fingerprint density at radius 3 is 2.76 bits per heavy atom. The quantitative estimate of drug-likeness (QED) is 0.889. The van der Waals surface area contributed by atoms with Gasteiger partial charge < -0.3 is 10.2 Å². The minimum absolute atomic E-state index is 0.0788. The van der Waals surface area contributed by atoms with Crippen molar-refractivity contribution in [1.82, 2.24) is 5.32 Å². The van der Waals surface area contributed by atoms with Crippen LogP contribution in [0.3, 0.4) is 0 Å². The molecule has 1 aromatic carbocycles. The van der Waals surface area contributed by atoms with Crippen LogP contribution in [0.25, 0.3) is 0 Å². The van der Waals surface area contributed by atoms with Gasteiger partial charge in [-0.2, -0.15) is 0 Å². The summed E-state index contributed by atoms with van der Waals surface area (Å²) in [5.41, 5.74) is 1.93. The maximum atomic E-state index is 14.2. The molecule has 1 saturated carbocycles. The van der Waals surface area contributed by atoms with Gasteiger partial charge >= 0.3 is 0 Å². The van der Waals surface area contributed by atoms with Gasteiger partial charge in [-0.05, 0) is 56.3 Å². The zero-order valence-electron chi connectivity index (χ0n) is 13.1. The van der Waals surface area contributed by atoms with E-state index in [0.717, 1.165) is 43.2 Å². The summed E-state index contributed by atoms with van der Waals surface area (Å²) < 4.78 is 14.2. The van der Waals surface area contributed by atoms with Gasteiger partial charge in [-0.3, -0.25) is 0 Å². The molecule has 116 valence electrons. The lowest BCUT2D eigenvalue weighted by Gasteiger charge is -2.34. The number of hydrogen-bond donors (Lipinski definition) is 1. The van der Waals surface area contributed by atoms with Gasteiger partial charge in [0, 0.05) is 19.1 Å². The third-order valence-electron chi connectivity index (χ3n) is 5.09. The van der Waals surface area contributed by atoms with Gasteiger partial charge in [0.15, 0.2) is 0 Å². The van der Waals surface area contributed by atoms with Gasteiger partial charge in [-0.1, -0.05) is 25.3 Å². The smallest absolute Gasteiger partial charge is 0.146 e. The predicted molar refractivity (Wildman–Crippen MR) is 86.3 cm³/mol. The summed E-state index contributed by atoms with van der Waals surface area (Å²) in [4.78, 5) is 2.27. The molecule has 2 aliphatic rings. The van der Waals surface area contributed by atoms with E-state index in [4.69, 9.17) is 0 Å². The SMILES string of the molecule is Cc1ccc(F)c(N2CCCNC(C3CCCCC3)C2)c1. The molecule has 1 atom stereocenters. The Morgan fingerprint density at radius 2 is 1.95 bits per heavy atom. The average Bonchev–Trinajstić information content (AvgIpc) is 2.76. The largest absolute Gasteiger partial charge is 0.368 e. The van der Waals surface area contributed by atoms with E-state index in [1.54, 1.807) is 6.07 Å². The Bertz CT molecular complexity index is 468. The van der Waals surface area contributed by atoms with Crippen molar-refractivity contribution < 1.29 is 4.39 Å². The Morgan fingerprint density at radius 1 is 1.14 bits per heavy atom. The number of nitrogens with one attached hydrogen (secondary N) is 1. The molecule has 3 heteroatoms. The van der Waals surface area contributed by atoms with Crippen molar-refractivity contribution in [2.75, 3.05) is 24.5 Å². The molecule has 1 aliphatic heterocycles. The number of anilines is 1. The van der Waals surface area contributed by atoms with Gasteiger partial charge in [0.1, 0.15) is 5.82 Å². The Balaban J connectivity index is 1.76. The first-order valence-electron chi connectivity index (χ1n) is 8.48. The number of nitrogens with zero attached hydrogens (tertiary/aromatic N) is 1. The van der Waals surface area contributed by atoms with E-state index in [1.165, 1.54) is 32.1 Å². The topological polar surface area (TPSA) is 15.3 Å². The molecule has 2 nitrogen and oxygen atoms in total. The van der Waals surface area contributed by atoms with E-state index < -0.39 is 0 Å². The van der Waals surface area contributed by atoms with Crippen LogP contribution in [-0.4, -0.2) is 25.7 Å². The molecule has 2 fully saturated rings. The Hall–Kier alpha value is -1.09. The van der Waals surface area contributed by atoms with Crippen LogP contribution in [0, 0.1) is 18.7 Å². The number of aryl methyl sites for hydroxylation is 1. The van der Waals surface area contributed by atoms with Crippen LogP contribution in [0.2, 0.25) is 0 Å². The zero-order valence-corrected chi connectivity index (χ0v) is 13.1. The van der Waals surface area contributed by atoms with Crippen molar-refractivity contribution in [2.45, 2.75) is 51.5 Å². The summed E-state index contributed by atoms with van der Waals surface area (Å²) in [6.45, 7) is 5.00. The fourth-order valence-electron chi connectivity index (χ4n) is 3.89. The molecule has 21 heavy (non-hydrogen) atoms. The number of benzene rings is 1. The van der Waals surface area contributed by atoms with Crippen LogP contribution < -0.4 is 10.2 Å². The summed E-state index contributed by atoms with van der Waals surface area (Å²) in [6.07, 6.45) is 7.88. The van der Waals surface area contributed by atoms with Crippen molar-refractivity contribution >= 4 is 5.69 Å². The van der Waals surface area contributed by atoms with Crippen LogP contribution >= 0.6 is 0 Å². The highest BCUT2D eigenvalue weighted by Crippen LogP contribution is 2.29. The first kappa shape index (κ1) is 14.8. The summed E-state index contributed by atoms with van der Waals surface area (Å²) in [5, 5.41) is 3.72. The zero-order chi connectivity index (χ0) is 14.7. The molecule has 0 spiro atoms. The lowest BCUT2D eigenvalue weighted by Crippen LogP contribution is -2.44. The Labute approximate surface area is 127 Å². The molecular weight excluding hydrogens is 263 g/mol. The third-order valence-corrected chi connectivity index (χ3v) is 5.09. The van der Waals surface area contributed by atoms with Crippen molar-refractivity contribution in [2.24, 2.45) is 5.92 Å². The highest BCUT2D eigenvalue weighted by Gasteiger charge is 2.27. The lowest BCUT2D eigenvalue weighted by atomic mass is 9.83. The van der Waals surface area contributed by atoms with Gasteiger partial charge in [-0.25, -0.2) is 4.39 Å². The first-order valence-corrected chi connectivity index (χ1v) is 8.48. The molecule has 1 aliphatic carbocycles. The molecule has 1 unspecified atom stereocenters. The molecule has 0 aromatic heterocycles. The van der Waals surface area contributed by atoms with Crippen LogP contribution in [0.15, 0.2) is 18.2 Å². The number of hydrogen-bond acceptors (Lipinski definition) is 2. The number of halogens is 1. The standard InChI is InChI=1S/C18H27FN2/c1-14-8-9-16(19)18(12-14)21-11-5-10-20-17(13-21)15-6-3-2-4-7-15/h8-9,12,15,17,20H,2-7,10-11,13H2,1H3. The van der Waals surface area contributed by atoms with E-state index in [0.29, 0.717) is 6.04 Å². The molecule has 0 radical (unpaired) electrons. The van der Waals surface area contributed by atoms with Gasteiger partial charge in [0.25, 0.3) is 0 Å². The monoisotopic (exact) mass is 290 g/mol. The normalized spacial score (nSPS) is 24.9. The highest BCUT2D eigenvalue weighted by atomic mass is 19.1. The fraction of sp³-hybridized carbons (Fsp3) is 0.667. The molecule has 0 bridgehead atoms. The van der Waals surface area contributed by atoms with E-state index in [-0.39, 0.29) is 5.82 Å². The van der Waals surface area contributed by atoms with Gasteiger partial charge in [-0.15, -0.1) is 0 Å². The van der Waals surface area contributed by atoms with E-state index >= 15 is 0 Å². The average molecular weight is 290 g/mol. The Kier molecular flexibility index (Phi) is 4.79. The minimum Gasteiger partial charge on any atom is -0.368 e. The predicted octanol–water partition coefficient (Wildman–Crippen LogP) is 3.88. The second kappa shape index (κ2) is 6.78. The highest BCUT2D eigenvalue weighted by molar-refractivity contribution is 5.50. The first-order chi connectivity index (χ1) is 10.2. The molecule has 3 rings (SSSR count). The van der Waals surface area contributed by atoms with Crippen LogP contribution in [0.4, 0.5) is 10.1 Å². The summed E-state index contributed by atoms with van der Waals surface area (Å²) >= 11 is 0. The molecule has 1 heterocycles. The van der Waals surface area contributed by atoms with Crippen LogP contribution in [0.5, 0.6) is 0 Å². The molecule has 0 amide bonds. The summed E-state index contributed by atoms with van der Waals surface area (Å²) in [6, 6.07) is 5.98. The number of rotatable bonds is 2. The van der Waals surface area contributed by atoms with Crippen molar-refractivity contribution in [3.05, 3.63) is 29.6 Å². The maximum absolute atomic E-state index is 14.2. The third kappa shape index (κ3) is 3.57. The minimum atomic E-state index is -0.0788. The summed E-state index contributed by atoms with van der Waals surface area (Å²) in [5.74, 6) is 0.692. The molecule has 1 saturated heterocycles. The lowest BCUT2D eigenvalue weighted by molar-refractivity contribution is 0.277. The fourth-order valence-corrected chi connectivity index (χ4v) is 3.89. The van der Waals surface area contributed by atoms with Crippen molar-refractivity contribution in [3.8, 4) is 0 Å². The second-order valence-corrected chi connectivity index (χ2v) is 6.71. The molecular formula is C18H27FN2. The maximum Gasteiger partial charge on any atom is 0.146 e. The van der Waals surface area contributed by atoms with E-state index in [9.17, 15) is 4.39 Å². The van der Waals surface area contributed by atoms with Crippen molar-refractivity contribution in [1.29, 1.82) is 0 Å². The van der Waals surface area contributed by atoms with E-state index in [1.807, 2.05) is 19.1 Å². The van der Waals surface area contributed by atoms with Crippen LogP contribution in [0.1, 0.15) is 44.1 Å². The molecule has 1 aromatic rings. The van der Waals surface area contributed by atoms with Crippen LogP contribution in [-0.2, 0) is 0 Å². The van der Waals surface area contributed by atoms with Gasteiger partial charge in [0.05, 0.1) is 5.69 Å². The second-order valence-electron chi connectivity index (χ2n) is 6.71. The van der Waals surface area contributed by atoms with E-state index in [2.05, 4.69) is 10.2 Å². The van der Waals surface area contributed by atoms with Crippen molar-refractivity contribution in [3.63, 3.8) is 0 Å².